The Morgan fingerprint density at radius 3 is 2.47 bits per heavy atom. The molecule has 1 fully saturated rings. The van der Waals surface area contributed by atoms with Gasteiger partial charge in [0, 0.05) is 0 Å². The standard InChI is InChI=1S/C15H18O2/c16-14-3-1-12(2-4-14)13-6-10-5-11(7-13)9-15(17)8-10/h1-4,6,10-11,15-17H,5,7-9H2/t10-,11+,15?/m1/s1. The fourth-order valence-electron chi connectivity index (χ4n) is 3.31. The minimum absolute atomic E-state index is 0.101. The molecular formula is C15H18O2. The highest BCUT2D eigenvalue weighted by molar-refractivity contribution is 5.67. The van der Waals surface area contributed by atoms with Crippen LogP contribution in [0.25, 0.3) is 5.57 Å². The van der Waals surface area contributed by atoms with Gasteiger partial charge in [-0.15, -0.1) is 0 Å². The largest absolute Gasteiger partial charge is 0.508 e. The average Bonchev–Trinajstić information content (AvgIpc) is 2.28. The zero-order valence-corrected chi connectivity index (χ0v) is 9.84. The highest BCUT2D eigenvalue weighted by atomic mass is 16.3. The lowest BCUT2D eigenvalue weighted by atomic mass is 9.71. The van der Waals surface area contributed by atoms with Crippen LogP contribution in [0, 0.1) is 11.8 Å². The molecule has 0 radical (unpaired) electrons. The molecule has 1 saturated carbocycles. The summed E-state index contributed by atoms with van der Waals surface area (Å²) in [5.41, 5.74) is 2.60. The van der Waals surface area contributed by atoms with Gasteiger partial charge in [0.2, 0.25) is 0 Å². The molecule has 0 aliphatic heterocycles. The maximum Gasteiger partial charge on any atom is 0.115 e. The molecule has 90 valence electrons. The van der Waals surface area contributed by atoms with E-state index in [1.807, 2.05) is 12.1 Å². The molecule has 2 aliphatic rings. The Labute approximate surface area is 102 Å². The third kappa shape index (κ3) is 2.22. The second-order valence-electron chi connectivity index (χ2n) is 5.43. The first-order chi connectivity index (χ1) is 8.20. The molecular weight excluding hydrogens is 212 g/mol. The number of phenolic OH excluding ortho intramolecular Hbond substituents is 1. The van der Waals surface area contributed by atoms with Crippen LogP contribution in [-0.4, -0.2) is 16.3 Å². The lowest BCUT2D eigenvalue weighted by Gasteiger charge is -2.36. The third-order valence-corrected chi connectivity index (χ3v) is 4.00. The number of hydrogen-bond donors (Lipinski definition) is 2. The van der Waals surface area contributed by atoms with Crippen LogP contribution in [0.4, 0.5) is 0 Å². The molecule has 17 heavy (non-hydrogen) atoms. The van der Waals surface area contributed by atoms with Gasteiger partial charge in [-0.05, 0) is 60.8 Å². The predicted molar refractivity (Wildman–Crippen MR) is 67.5 cm³/mol. The van der Waals surface area contributed by atoms with Crippen molar-refractivity contribution in [1.82, 2.24) is 0 Å². The van der Waals surface area contributed by atoms with Crippen molar-refractivity contribution in [1.29, 1.82) is 0 Å². The molecule has 1 unspecified atom stereocenters. The Morgan fingerprint density at radius 2 is 1.76 bits per heavy atom. The van der Waals surface area contributed by atoms with Gasteiger partial charge in [0.15, 0.2) is 0 Å². The molecule has 3 rings (SSSR count). The topological polar surface area (TPSA) is 40.5 Å². The second-order valence-corrected chi connectivity index (χ2v) is 5.43. The van der Waals surface area contributed by atoms with E-state index < -0.39 is 0 Å². The summed E-state index contributed by atoms with van der Waals surface area (Å²) < 4.78 is 0. The number of fused-ring (bicyclic) bond motifs is 2. The van der Waals surface area contributed by atoms with Crippen molar-refractivity contribution >= 4 is 5.57 Å². The number of allylic oxidation sites excluding steroid dienone is 2. The zero-order valence-electron chi connectivity index (χ0n) is 9.84. The number of rotatable bonds is 1. The van der Waals surface area contributed by atoms with Gasteiger partial charge in [0.25, 0.3) is 0 Å². The normalized spacial score (nSPS) is 32.1. The summed E-state index contributed by atoms with van der Waals surface area (Å²) in [4.78, 5) is 0. The van der Waals surface area contributed by atoms with Crippen LogP contribution in [0.5, 0.6) is 5.75 Å². The summed E-state index contributed by atoms with van der Waals surface area (Å²) in [6.45, 7) is 0. The third-order valence-electron chi connectivity index (χ3n) is 4.00. The van der Waals surface area contributed by atoms with E-state index >= 15 is 0 Å². The molecule has 1 aromatic carbocycles. The van der Waals surface area contributed by atoms with E-state index in [0.29, 0.717) is 17.6 Å². The molecule has 0 saturated heterocycles. The number of hydrogen-bond acceptors (Lipinski definition) is 2. The van der Waals surface area contributed by atoms with Crippen molar-refractivity contribution in [3.63, 3.8) is 0 Å². The molecule has 0 aromatic heterocycles. The molecule has 0 spiro atoms. The van der Waals surface area contributed by atoms with Crippen LogP contribution >= 0.6 is 0 Å². The summed E-state index contributed by atoms with van der Waals surface area (Å²) in [6.07, 6.45) is 6.39. The Kier molecular flexibility index (Phi) is 2.67. The van der Waals surface area contributed by atoms with Gasteiger partial charge in [0.05, 0.1) is 6.10 Å². The fourth-order valence-corrected chi connectivity index (χ4v) is 3.31. The van der Waals surface area contributed by atoms with Gasteiger partial charge in [-0.25, -0.2) is 0 Å². The monoisotopic (exact) mass is 230 g/mol. The highest BCUT2D eigenvalue weighted by Crippen LogP contribution is 2.42. The Hall–Kier alpha value is -1.28. The van der Waals surface area contributed by atoms with E-state index in [1.54, 1.807) is 12.1 Å². The van der Waals surface area contributed by atoms with E-state index in [4.69, 9.17) is 0 Å². The second kappa shape index (κ2) is 4.19. The lowest BCUT2D eigenvalue weighted by Crippen LogP contribution is -2.28. The van der Waals surface area contributed by atoms with Crippen LogP contribution in [0.2, 0.25) is 0 Å². The van der Waals surface area contributed by atoms with Crippen LogP contribution in [0.3, 0.4) is 0 Å². The van der Waals surface area contributed by atoms with E-state index in [2.05, 4.69) is 6.08 Å². The smallest absolute Gasteiger partial charge is 0.115 e. The van der Waals surface area contributed by atoms with Gasteiger partial charge in [-0.2, -0.15) is 0 Å². The van der Waals surface area contributed by atoms with Crippen molar-refractivity contribution in [2.75, 3.05) is 0 Å². The molecule has 0 heterocycles. The summed E-state index contributed by atoms with van der Waals surface area (Å²) in [5, 5.41) is 19.0. The molecule has 0 amide bonds. The summed E-state index contributed by atoms with van der Waals surface area (Å²) >= 11 is 0. The van der Waals surface area contributed by atoms with Gasteiger partial charge in [-0.1, -0.05) is 18.2 Å². The number of phenols is 1. The fraction of sp³-hybridized carbons (Fsp3) is 0.467. The molecule has 2 bridgehead atoms. The number of aliphatic hydroxyl groups is 1. The highest BCUT2D eigenvalue weighted by Gasteiger charge is 2.31. The van der Waals surface area contributed by atoms with Crippen molar-refractivity contribution < 1.29 is 10.2 Å². The van der Waals surface area contributed by atoms with Crippen molar-refractivity contribution in [3.05, 3.63) is 35.9 Å². The van der Waals surface area contributed by atoms with Crippen molar-refractivity contribution in [2.45, 2.75) is 31.8 Å². The average molecular weight is 230 g/mol. The van der Waals surface area contributed by atoms with E-state index in [0.717, 1.165) is 19.3 Å². The first-order valence-electron chi connectivity index (χ1n) is 6.39. The molecule has 2 aliphatic carbocycles. The van der Waals surface area contributed by atoms with E-state index in [-0.39, 0.29) is 6.10 Å². The Balaban J connectivity index is 1.87. The van der Waals surface area contributed by atoms with Crippen LogP contribution in [-0.2, 0) is 0 Å². The number of aliphatic hydroxyl groups excluding tert-OH is 1. The van der Waals surface area contributed by atoms with Gasteiger partial charge in [0.1, 0.15) is 5.75 Å². The Morgan fingerprint density at radius 1 is 1.00 bits per heavy atom. The minimum Gasteiger partial charge on any atom is -0.508 e. The number of aromatic hydroxyl groups is 1. The first kappa shape index (κ1) is 10.8. The molecule has 2 nitrogen and oxygen atoms in total. The summed E-state index contributed by atoms with van der Waals surface area (Å²) in [6, 6.07) is 7.46. The van der Waals surface area contributed by atoms with Crippen LogP contribution in [0.15, 0.2) is 30.3 Å². The summed E-state index contributed by atoms with van der Waals surface area (Å²) in [5.74, 6) is 1.50. The number of benzene rings is 1. The molecule has 2 heteroatoms. The molecule has 1 aromatic rings. The zero-order chi connectivity index (χ0) is 11.8. The maximum atomic E-state index is 9.75. The summed E-state index contributed by atoms with van der Waals surface area (Å²) in [7, 11) is 0. The Bertz CT molecular complexity index is 433. The molecule has 2 N–H and O–H groups in total. The van der Waals surface area contributed by atoms with Crippen molar-refractivity contribution in [2.24, 2.45) is 11.8 Å². The van der Waals surface area contributed by atoms with Gasteiger partial charge < -0.3 is 10.2 Å². The maximum absolute atomic E-state index is 9.75. The SMILES string of the molecule is Oc1ccc(C2=C[C@@H]3CC(O)C[C@H](C2)C3)cc1. The lowest BCUT2D eigenvalue weighted by molar-refractivity contribution is 0.0803. The predicted octanol–water partition coefficient (Wildman–Crippen LogP) is 2.96. The van der Waals surface area contributed by atoms with Crippen molar-refractivity contribution in [3.8, 4) is 5.75 Å². The van der Waals surface area contributed by atoms with Gasteiger partial charge >= 0.3 is 0 Å². The van der Waals surface area contributed by atoms with E-state index in [9.17, 15) is 10.2 Å². The molecule has 3 atom stereocenters. The first-order valence-corrected chi connectivity index (χ1v) is 6.39. The van der Waals surface area contributed by atoms with Crippen LogP contribution in [0.1, 0.15) is 31.2 Å². The van der Waals surface area contributed by atoms with Crippen LogP contribution < -0.4 is 0 Å². The minimum atomic E-state index is -0.101. The van der Waals surface area contributed by atoms with E-state index in [1.165, 1.54) is 17.6 Å². The van der Waals surface area contributed by atoms with Gasteiger partial charge in [-0.3, -0.25) is 0 Å². The quantitative estimate of drug-likeness (QED) is 0.778.